The van der Waals surface area contributed by atoms with Gasteiger partial charge in [-0.2, -0.15) is 0 Å². The van der Waals surface area contributed by atoms with Crippen LogP contribution in [0, 0.1) is 5.92 Å². The van der Waals surface area contributed by atoms with Crippen molar-refractivity contribution in [3.63, 3.8) is 0 Å². The highest BCUT2D eigenvalue weighted by atomic mass is 32.2. The second-order valence-corrected chi connectivity index (χ2v) is 6.61. The van der Waals surface area contributed by atoms with Gasteiger partial charge < -0.3 is 0 Å². The molecule has 3 atom stereocenters. The largest absolute Gasteiger partial charge is 0.291 e. The molecule has 0 spiro atoms. The summed E-state index contributed by atoms with van der Waals surface area (Å²) < 4.78 is 11.4. The molecule has 1 fully saturated rings. The Balaban J connectivity index is 2.13. The summed E-state index contributed by atoms with van der Waals surface area (Å²) in [4.78, 5) is 12.1. The summed E-state index contributed by atoms with van der Waals surface area (Å²) in [6, 6.07) is 7.88. The molecule has 108 valence electrons. The normalized spacial score (nSPS) is 25.1. The summed E-state index contributed by atoms with van der Waals surface area (Å²) in [6.07, 6.45) is 4.34. The Bertz CT molecular complexity index is 551. The Labute approximate surface area is 122 Å². The van der Waals surface area contributed by atoms with Crippen LogP contribution in [0.4, 0.5) is 0 Å². The van der Waals surface area contributed by atoms with Crippen LogP contribution in [0.1, 0.15) is 25.8 Å². The first kappa shape index (κ1) is 14.9. The van der Waals surface area contributed by atoms with Crippen LogP contribution in [0.3, 0.4) is 0 Å². The summed E-state index contributed by atoms with van der Waals surface area (Å²) in [5.41, 5.74) is 7.93. The topological polar surface area (TPSA) is 58.2 Å². The number of carbonyl (C=O) groups is 1. The Kier molecular flexibility index (Phi) is 4.73. The number of carbonyl (C=O) groups excluding carboxylic acids is 1. The van der Waals surface area contributed by atoms with Gasteiger partial charge in [0.25, 0.3) is 0 Å². The van der Waals surface area contributed by atoms with Crippen molar-refractivity contribution in [2.45, 2.75) is 31.2 Å². The maximum atomic E-state index is 11.4. The maximum absolute atomic E-state index is 11.4. The molecule has 1 heterocycles. The van der Waals surface area contributed by atoms with Crippen LogP contribution >= 0.6 is 0 Å². The molecule has 3 unspecified atom stereocenters. The van der Waals surface area contributed by atoms with Crippen molar-refractivity contribution < 1.29 is 9.00 Å². The molecule has 1 aromatic carbocycles. The van der Waals surface area contributed by atoms with Gasteiger partial charge >= 0.3 is 0 Å². The second kappa shape index (κ2) is 6.33. The number of hydrogen-bond donors (Lipinski definition) is 2. The standard InChI is InChI=1S/C15H20N2O2S/c1-10(8-14-11(2)9-15(18)17-16-14)12-4-6-13(7-5-12)20(3)19/h4-8,11,14,16H,9H2,1-3H3,(H,17,18)/b10-8+. The van der Waals surface area contributed by atoms with Crippen molar-refractivity contribution in [3.8, 4) is 0 Å². The first-order valence-electron chi connectivity index (χ1n) is 6.64. The van der Waals surface area contributed by atoms with Gasteiger partial charge in [0.15, 0.2) is 0 Å². The van der Waals surface area contributed by atoms with E-state index in [0.29, 0.717) is 6.42 Å². The minimum absolute atomic E-state index is 0.0366. The Morgan fingerprint density at radius 3 is 2.55 bits per heavy atom. The molecule has 0 bridgehead atoms. The predicted octanol–water partition coefficient (Wildman–Crippen LogP) is 1.86. The van der Waals surface area contributed by atoms with Crippen LogP contribution in [0.2, 0.25) is 0 Å². The second-order valence-electron chi connectivity index (χ2n) is 5.23. The van der Waals surface area contributed by atoms with Crippen LogP contribution in [0.15, 0.2) is 35.2 Å². The summed E-state index contributed by atoms with van der Waals surface area (Å²) in [5, 5.41) is 0. The molecule has 1 amide bonds. The lowest BCUT2D eigenvalue weighted by Crippen LogP contribution is -2.52. The van der Waals surface area contributed by atoms with Gasteiger partial charge in [0.05, 0.1) is 0 Å². The number of allylic oxidation sites excluding steroid dienone is 1. The van der Waals surface area contributed by atoms with E-state index in [-0.39, 0.29) is 17.9 Å². The van der Waals surface area contributed by atoms with Gasteiger partial charge in [-0.25, -0.2) is 5.43 Å². The first-order valence-corrected chi connectivity index (χ1v) is 8.20. The third-order valence-electron chi connectivity index (χ3n) is 3.57. The highest BCUT2D eigenvalue weighted by molar-refractivity contribution is 7.84. The number of rotatable bonds is 3. The Hall–Kier alpha value is -1.46. The van der Waals surface area contributed by atoms with Gasteiger partial charge in [-0.1, -0.05) is 25.1 Å². The average Bonchev–Trinajstić information content (AvgIpc) is 2.42. The molecular formula is C15H20N2O2S. The molecule has 0 aliphatic carbocycles. The number of hydrazine groups is 1. The van der Waals surface area contributed by atoms with E-state index in [1.807, 2.05) is 31.2 Å². The lowest BCUT2D eigenvalue weighted by molar-refractivity contribution is -0.125. The lowest BCUT2D eigenvalue weighted by atomic mass is 9.93. The van der Waals surface area contributed by atoms with Crippen molar-refractivity contribution in [1.29, 1.82) is 0 Å². The minimum Gasteiger partial charge on any atom is -0.291 e. The fourth-order valence-electron chi connectivity index (χ4n) is 2.26. The molecule has 5 heteroatoms. The molecule has 1 aliphatic heterocycles. The van der Waals surface area contributed by atoms with Crippen LogP contribution in [0.25, 0.3) is 5.57 Å². The molecule has 0 saturated carbocycles. The van der Waals surface area contributed by atoms with Crippen molar-refractivity contribution in [2.75, 3.05) is 6.26 Å². The quantitative estimate of drug-likeness (QED) is 0.894. The maximum Gasteiger partial charge on any atom is 0.234 e. The highest BCUT2D eigenvalue weighted by Crippen LogP contribution is 2.20. The van der Waals surface area contributed by atoms with Gasteiger partial charge in [-0.05, 0) is 36.1 Å². The molecule has 2 N–H and O–H groups in total. The molecule has 1 saturated heterocycles. The van der Waals surface area contributed by atoms with Crippen molar-refractivity contribution in [3.05, 3.63) is 35.9 Å². The van der Waals surface area contributed by atoms with Crippen LogP contribution in [-0.2, 0) is 15.6 Å². The van der Waals surface area contributed by atoms with Crippen LogP contribution in [-0.4, -0.2) is 22.4 Å². The van der Waals surface area contributed by atoms with E-state index in [0.717, 1.165) is 16.0 Å². The van der Waals surface area contributed by atoms with E-state index >= 15 is 0 Å². The Morgan fingerprint density at radius 2 is 2.00 bits per heavy atom. The van der Waals surface area contributed by atoms with Gasteiger partial charge in [0.1, 0.15) is 0 Å². The highest BCUT2D eigenvalue weighted by Gasteiger charge is 2.23. The molecule has 4 nitrogen and oxygen atoms in total. The lowest BCUT2D eigenvalue weighted by Gasteiger charge is -2.28. The molecule has 2 rings (SSSR count). The summed E-state index contributed by atoms with van der Waals surface area (Å²) in [5.74, 6) is 0.302. The molecule has 1 aliphatic rings. The SMILES string of the molecule is C/C(=C\C1NNC(=O)CC1C)c1ccc(S(C)=O)cc1. The van der Waals surface area contributed by atoms with E-state index in [4.69, 9.17) is 0 Å². The first-order chi connectivity index (χ1) is 9.47. The zero-order valence-corrected chi connectivity index (χ0v) is 12.8. The molecule has 20 heavy (non-hydrogen) atoms. The van der Waals surface area contributed by atoms with Crippen LogP contribution < -0.4 is 10.9 Å². The minimum atomic E-state index is -0.946. The van der Waals surface area contributed by atoms with E-state index in [1.54, 1.807) is 6.26 Å². The van der Waals surface area contributed by atoms with Gasteiger partial charge in [0, 0.05) is 34.4 Å². The molecule has 0 aromatic heterocycles. The van der Waals surface area contributed by atoms with Gasteiger partial charge in [0.2, 0.25) is 5.91 Å². The smallest absolute Gasteiger partial charge is 0.234 e. The molecule has 1 aromatic rings. The molecule has 0 radical (unpaired) electrons. The van der Waals surface area contributed by atoms with Gasteiger partial charge in [-0.15, -0.1) is 0 Å². The van der Waals surface area contributed by atoms with E-state index in [1.165, 1.54) is 0 Å². The van der Waals surface area contributed by atoms with E-state index in [2.05, 4.69) is 23.9 Å². The van der Waals surface area contributed by atoms with Crippen molar-refractivity contribution >= 4 is 22.3 Å². The number of nitrogens with one attached hydrogen (secondary N) is 2. The number of hydrogen-bond acceptors (Lipinski definition) is 3. The Morgan fingerprint density at radius 1 is 1.35 bits per heavy atom. The van der Waals surface area contributed by atoms with E-state index < -0.39 is 10.8 Å². The fraction of sp³-hybridized carbons (Fsp3) is 0.400. The third kappa shape index (κ3) is 3.55. The van der Waals surface area contributed by atoms with E-state index in [9.17, 15) is 9.00 Å². The van der Waals surface area contributed by atoms with Crippen molar-refractivity contribution in [1.82, 2.24) is 10.9 Å². The molecular weight excluding hydrogens is 272 g/mol. The fourth-order valence-corrected chi connectivity index (χ4v) is 2.78. The zero-order valence-electron chi connectivity index (χ0n) is 12.0. The monoisotopic (exact) mass is 292 g/mol. The number of benzene rings is 1. The predicted molar refractivity (Wildman–Crippen MR) is 81.3 cm³/mol. The summed E-state index contributed by atoms with van der Waals surface area (Å²) in [6.45, 7) is 4.10. The van der Waals surface area contributed by atoms with Crippen LogP contribution in [0.5, 0.6) is 0 Å². The summed E-state index contributed by atoms with van der Waals surface area (Å²) in [7, 11) is -0.946. The zero-order chi connectivity index (χ0) is 14.7. The third-order valence-corrected chi connectivity index (χ3v) is 4.51. The van der Waals surface area contributed by atoms with Crippen molar-refractivity contribution in [2.24, 2.45) is 5.92 Å². The average molecular weight is 292 g/mol. The summed E-state index contributed by atoms with van der Waals surface area (Å²) >= 11 is 0. The van der Waals surface area contributed by atoms with Gasteiger partial charge in [-0.3, -0.25) is 14.4 Å². The number of amides is 1.